The van der Waals surface area contributed by atoms with Crippen molar-refractivity contribution in [1.29, 1.82) is 0 Å². The molecule has 0 aliphatic rings. The van der Waals surface area contributed by atoms with E-state index < -0.39 is 0 Å². The Bertz CT molecular complexity index is 618. The van der Waals surface area contributed by atoms with E-state index in [4.69, 9.17) is 11.6 Å². The van der Waals surface area contributed by atoms with Gasteiger partial charge in [0, 0.05) is 23.6 Å². The maximum absolute atomic E-state index is 13.4. The lowest BCUT2D eigenvalue weighted by Gasteiger charge is -2.23. The molecule has 2 rings (SSSR count). The number of anilines is 1. The normalized spacial score (nSPS) is 11.9. The highest BCUT2D eigenvalue weighted by atomic mass is 35.5. The summed E-state index contributed by atoms with van der Waals surface area (Å²) in [6.45, 7) is 9.14. The number of rotatable bonds is 2. The summed E-state index contributed by atoms with van der Waals surface area (Å²) in [5.41, 5.74) is 1.60. The average Bonchev–Trinajstić information content (AvgIpc) is 2.26. The van der Waals surface area contributed by atoms with Crippen LogP contribution in [0.25, 0.3) is 10.9 Å². The maximum Gasteiger partial charge on any atom is 0.130 e. The monoisotopic (exact) mass is 280 g/mol. The standard InChI is InChI=1S/C15H18ClFN2/c1-5-18-14-11(15(2,3)4)8-10-12(16)6-9(17)7-13(10)19-14/h6-8H,5H2,1-4H3,(H,18,19). The van der Waals surface area contributed by atoms with E-state index in [0.29, 0.717) is 10.5 Å². The second kappa shape index (κ2) is 4.97. The number of halogens is 2. The minimum Gasteiger partial charge on any atom is -0.370 e. The number of nitrogens with zero attached hydrogens (tertiary/aromatic N) is 1. The maximum atomic E-state index is 13.4. The fraction of sp³-hybridized carbons (Fsp3) is 0.400. The quantitative estimate of drug-likeness (QED) is 0.858. The molecule has 0 unspecified atom stereocenters. The van der Waals surface area contributed by atoms with E-state index in [1.165, 1.54) is 12.1 Å². The zero-order chi connectivity index (χ0) is 14.2. The molecule has 102 valence electrons. The van der Waals surface area contributed by atoms with Crippen LogP contribution in [0, 0.1) is 5.82 Å². The van der Waals surface area contributed by atoms with E-state index in [1.807, 2.05) is 13.0 Å². The van der Waals surface area contributed by atoms with E-state index in [1.54, 1.807) is 0 Å². The molecule has 2 nitrogen and oxygen atoms in total. The number of fused-ring (bicyclic) bond motifs is 1. The van der Waals surface area contributed by atoms with Crippen LogP contribution in [-0.2, 0) is 5.41 Å². The van der Waals surface area contributed by atoms with Crippen molar-refractivity contribution in [3.05, 3.63) is 34.6 Å². The summed E-state index contributed by atoms with van der Waals surface area (Å²) in [6, 6.07) is 4.74. The molecule has 0 aliphatic heterocycles. The summed E-state index contributed by atoms with van der Waals surface area (Å²) in [6.07, 6.45) is 0. The van der Waals surface area contributed by atoms with E-state index in [9.17, 15) is 4.39 Å². The summed E-state index contributed by atoms with van der Waals surface area (Å²) in [7, 11) is 0. The molecule has 0 aliphatic carbocycles. The molecule has 0 spiro atoms. The zero-order valence-corrected chi connectivity index (χ0v) is 12.4. The van der Waals surface area contributed by atoms with Crippen LogP contribution >= 0.6 is 11.6 Å². The van der Waals surface area contributed by atoms with Crippen LogP contribution in [0.1, 0.15) is 33.3 Å². The first-order chi connectivity index (χ1) is 8.82. The molecular weight excluding hydrogens is 263 g/mol. The van der Waals surface area contributed by atoms with E-state index in [-0.39, 0.29) is 11.2 Å². The van der Waals surface area contributed by atoms with E-state index >= 15 is 0 Å². The van der Waals surface area contributed by atoms with E-state index in [0.717, 1.165) is 23.3 Å². The third-order valence-corrected chi connectivity index (χ3v) is 3.31. The van der Waals surface area contributed by atoms with Gasteiger partial charge in [-0.1, -0.05) is 32.4 Å². The summed E-state index contributed by atoms with van der Waals surface area (Å²) >= 11 is 6.11. The fourth-order valence-electron chi connectivity index (χ4n) is 2.07. The fourth-order valence-corrected chi connectivity index (χ4v) is 2.33. The summed E-state index contributed by atoms with van der Waals surface area (Å²) in [4.78, 5) is 4.52. The highest BCUT2D eigenvalue weighted by Crippen LogP contribution is 2.34. The Labute approximate surface area is 118 Å². The van der Waals surface area contributed by atoms with Crippen LogP contribution in [0.15, 0.2) is 18.2 Å². The molecule has 4 heteroatoms. The van der Waals surface area contributed by atoms with Gasteiger partial charge in [-0.25, -0.2) is 9.37 Å². The first-order valence-corrected chi connectivity index (χ1v) is 6.75. The molecule has 19 heavy (non-hydrogen) atoms. The second-order valence-electron chi connectivity index (χ2n) is 5.62. The van der Waals surface area contributed by atoms with Gasteiger partial charge in [-0.05, 0) is 24.5 Å². The predicted octanol–water partition coefficient (Wildman–Crippen LogP) is 4.76. The number of benzene rings is 1. The lowest BCUT2D eigenvalue weighted by Crippen LogP contribution is -2.16. The van der Waals surface area contributed by atoms with Crippen molar-refractivity contribution in [2.45, 2.75) is 33.1 Å². The van der Waals surface area contributed by atoms with Gasteiger partial charge in [-0.15, -0.1) is 0 Å². The van der Waals surface area contributed by atoms with Gasteiger partial charge in [0.2, 0.25) is 0 Å². The first kappa shape index (κ1) is 14.1. The number of aromatic nitrogens is 1. The molecule has 0 fully saturated rings. The van der Waals surface area contributed by atoms with Crippen LogP contribution in [0.5, 0.6) is 0 Å². The lowest BCUT2D eigenvalue weighted by molar-refractivity contribution is 0.590. The molecule has 1 N–H and O–H groups in total. The van der Waals surface area contributed by atoms with Crippen LogP contribution in [0.2, 0.25) is 5.02 Å². The van der Waals surface area contributed by atoms with Crippen molar-refractivity contribution in [2.75, 3.05) is 11.9 Å². The number of nitrogens with one attached hydrogen (secondary N) is 1. The van der Waals surface area contributed by atoms with Gasteiger partial charge in [0.05, 0.1) is 10.5 Å². The molecule has 0 saturated carbocycles. The SMILES string of the molecule is CCNc1nc2cc(F)cc(Cl)c2cc1C(C)(C)C. The van der Waals surface area contributed by atoms with Gasteiger partial charge in [-0.3, -0.25) is 0 Å². The molecule has 0 amide bonds. The Morgan fingerprint density at radius 3 is 2.53 bits per heavy atom. The van der Waals surface area contributed by atoms with Crippen molar-refractivity contribution in [2.24, 2.45) is 0 Å². The van der Waals surface area contributed by atoms with Gasteiger partial charge < -0.3 is 5.32 Å². The highest BCUT2D eigenvalue weighted by Gasteiger charge is 2.20. The van der Waals surface area contributed by atoms with Gasteiger partial charge in [0.25, 0.3) is 0 Å². The number of pyridine rings is 1. The largest absolute Gasteiger partial charge is 0.370 e. The zero-order valence-electron chi connectivity index (χ0n) is 11.6. The Morgan fingerprint density at radius 1 is 1.26 bits per heavy atom. The van der Waals surface area contributed by atoms with Crippen LogP contribution in [0.3, 0.4) is 0 Å². The Morgan fingerprint density at radius 2 is 1.95 bits per heavy atom. The third-order valence-electron chi connectivity index (χ3n) is 3.00. The number of hydrogen-bond acceptors (Lipinski definition) is 2. The van der Waals surface area contributed by atoms with Crippen molar-refractivity contribution < 1.29 is 4.39 Å². The highest BCUT2D eigenvalue weighted by molar-refractivity contribution is 6.35. The van der Waals surface area contributed by atoms with Gasteiger partial charge >= 0.3 is 0 Å². The molecule has 1 aromatic heterocycles. The van der Waals surface area contributed by atoms with Crippen molar-refractivity contribution in [3.8, 4) is 0 Å². The molecule has 0 atom stereocenters. The molecular formula is C15H18ClFN2. The van der Waals surface area contributed by atoms with Gasteiger partial charge in [0.15, 0.2) is 0 Å². The molecule has 1 heterocycles. The summed E-state index contributed by atoms with van der Waals surface area (Å²) < 4.78 is 13.4. The lowest BCUT2D eigenvalue weighted by atomic mass is 9.86. The van der Waals surface area contributed by atoms with Crippen molar-refractivity contribution >= 4 is 28.3 Å². The molecule has 0 bridgehead atoms. The predicted molar refractivity (Wildman–Crippen MR) is 79.6 cm³/mol. The van der Waals surface area contributed by atoms with Crippen molar-refractivity contribution in [1.82, 2.24) is 4.98 Å². The van der Waals surface area contributed by atoms with Crippen LogP contribution in [0.4, 0.5) is 10.2 Å². The Balaban J connectivity index is 2.76. The molecule has 0 radical (unpaired) electrons. The van der Waals surface area contributed by atoms with Crippen LogP contribution in [-0.4, -0.2) is 11.5 Å². The molecule has 1 aromatic carbocycles. The molecule has 2 aromatic rings. The second-order valence-corrected chi connectivity index (χ2v) is 6.03. The third kappa shape index (κ3) is 2.81. The van der Waals surface area contributed by atoms with E-state index in [2.05, 4.69) is 31.1 Å². The minimum atomic E-state index is -0.365. The van der Waals surface area contributed by atoms with Crippen LogP contribution < -0.4 is 5.32 Å². The topological polar surface area (TPSA) is 24.9 Å². The Kier molecular flexibility index (Phi) is 3.68. The number of hydrogen-bond donors (Lipinski definition) is 1. The van der Waals surface area contributed by atoms with Crippen molar-refractivity contribution in [3.63, 3.8) is 0 Å². The first-order valence-electron chi connectivity index (χ1n) is 6.37. The molecule has 0 saturated heterocycles. The van der Waals surface area contributed by atoms with Gasteiger partial charge in [0.1, 0.15) is 11.6 Å². The summed E-state index contributed by atoms with van der Waals surface area (Å²) in [5.74, 6) is 0.431. The Hall–Kier alpha value is -1.35. The minimum absolute atomic E-state index is 0.0591. The van der Waals surface area contributed by atoms with Gasteiger partial charge in [-0.2, -0.15) is 0 Å². The smallest absolute Gasteiger partial charge is 0.130 e. The average molecular weight is 281 g/mol. The summed E-state index contributed by atoms with van der Waals surface area (Å²) in [5, 5.41) is 4.42.